The second kappa shape index (κ2) is 11.6. The van der Waals surface area contributed by atoms with Gasteiger partial charge in [0.05, 0.1) is 13.2 Å². The normalized spacial score (nSPS) is 19.5. The van der Waals surface area contributed by atoms with Crippen molar-refractivity contribution in [3.05, 3.63) is 29.8 Å². The van der Waals surface area contributed by atoms with Gasteiger partial charge in [-0.15, -0.1) is 24.0 Å². The summed E-state index contributed by atoms with van der Waals surface area (Å²) in [5.41, 5.74) is 1.95. The fraction of sp³-hybridized carbons (Fsp3) is 0.619. The van der Waals surface area contributed by atoms with Crippen molar-refractivity contribution < 1.29 is 9.53 Å². The summed E-state index contributed by atoms with van der Waals surface area (Å²) >= 11 is 0. The zero-order chi connectivity index (χ0) is 19.1. The Bertz CT molecular complexity index is 658. The molecule has 1 aliphatic heterocycles. The molecule has 28 heavy (non-hydrogen) atoms. The Kier molecular flexibility index (Phi) is 9.50. The molecule has 0 bridgehead atoms. The van der Waals surface area contributed by atoms with Crippen molar-refractivity contribution in [2.75, 3.05) is 38.7 Å². The molecule has 1 saturated heterocycles. The molecule has 3 rings (SSSR count). The van der Waals surface area contributed by atoms with Crippen LogP contribution in [0.1, 0.15) is 38.2 Å². The first-order valence-corrected chi connectivity index (χ1v) is 10.1. The first kappa shape index (κ1) is 22.9. The van der Waals surface area contributed by atoms with Crippen molar-refractivity contribution in [1.82, 2.24) is 10.2 Å². The number of benzene rings is 1. The minimum atomic E-state index is 0. The first-order chi connectivity index (χ1) is 13.2. The zero-order valence-corrected chi connectivity index (χ0v) is 19.3. The molecular formula is C21H33IN4O2. The Morgan fingerprint density at radius 2 is 2.14 bits per heavy atom. The molecule has 0 radical (unpaired) electrons. The lowest BCUT2D eigenvalue weighted by Gasteiger charge is -2.24. The molecule has 1 aromatic carbocycles. The molecule has 1 saturated carbocycles. The third kappa shape index (κ3) is 6.62. The number of nitrogens with zero attached hydrogens (tertiary/aromatic N) is 2. The number of rotatable bonds is 7. The van der Waals surface area contributed by atoms with Crippen molar-refractivity contribution in [2.45, 2.75) is 39.2 Å². The predicted octanol–water partition coefficient (Wildman–Crippen LogP) is 3.48. The Balaban J connectivity index is 0.00000280. The quantitative estimate of drug-likeness (QED) is 0.342. The van der Waals surface area contributed by atoms with Crippen LogP contribution in [0, 0.1) is 11.8 Å². The van der Waals surface area contributed by atoms with Gasteiger partial charge in [0.1, 0.15) is 0 Å². The molecule has 1 atom stereocenters. The van der Waals surface area contributed by atoms with E-state index >= 15 is 0 Å². The number of guanidine groups is 1. The molecule has 2 fully saturated rings. The summed E-state index contributed by atoms with van der Waals surface area (Å²) in [6.45, 7) is 6.16. The lowest BCUT2D eigenvalue weighted by atomic mass is 9.85. The molecule has 1 amide bonds. The van der Waals surface area contributed by atoms with E-state index in [1.54, 1.807) is 0 Å². The van der Waals surface area contributed by atoms with Gasteiger partial charge in [0, 0.05) is 44.3 Å². The minimum absolute atomic E-state index is 0. The third-order valence-corrected chi connectivity index (χ3v) is 5.33. The number of carbonyl (C=O) groups is 1. The van der Waals surface area contributed by atoms with E-state index in [0.29, 0.717) is 12.5 Å². The van der Waals surface area contributed by atoms with E-state index in [2.05, 4.69) is 35.6 Å². The number of amides is 1. The molecule has 0 spiro atoms. The standard InChI is InChI=1S/C21H32N4O2.HI/c1-3-22-21(25(2)14-17-10-11-27-15-17)23-13-16-6-4-9-19(12-16)24-20(26)18-7-5-8-18;/h4,6,9,12,17-18H,3,5,7-8,10-11,13-15H2,1-2H3,(H,22,23)(H,24,26);1H. The predicted molar refractivity (Wildman–Crippen MR) is 124 cm³/mol. The molecule has 7 heteroatoms. The summed E-state index contributed by atoms with van der Waals surface area (Å²) in [6, 6.07) is 8.00. The van der Waals surface area contributed by atoms with E-state index in [4.69, 9.17) is 9.73 Å². The van der Waals surface area contributed by atoms with Crippen molar-refractivity contribution in [3.63, 3.8) is 0 Å². The molecule has 2 aliphatic rings. The van der Waals surface area contributed by atoms with Gasteiger partial charge in [-0.2, -0.15) is 0 Å². The SMILES string of the molecule is CCNC(=NCc1cccc(NC(=O)C2CCC2)c1)N(C)CC1CCOC1.I. The maximum atomic E-state index is 12.1. The topological polar surface area (TPSA) is 66.0 Å². The summed E-state index contributed by atoms with van der Waals surface area (Å²) in [6.07, 6.45) is 4.31. The van der Waals surface area contributed by atoms with Gasteiger partial charge in [0.25, 0.3) is 0 Å². The number of aliphatic imine (C=N–C) groups is 1. The summed E-state index contributed by atoms with van der Waals surface area (Å²) < 4.78 is 5.48. The van der Waals surface area contributed by atoms with E-state index in [0.717, 1.165) is 62.8 Å². The first-order valence-electron chi connectivity index (χ1n) is 10.1. The average molecular weight is 500 g/mol. The van der Waals surface area contributed by atoms with Crippen LogP contribution in [0.5, 0.6) is 0 Å². The Morgan fingerprint density at radius 3 is 2.79 bits per heavy atom. The highest BCUT2D eigenvalue weighted by molar-refractivity contribution is 14.0. The van der Waals surface area contributed by atoms with E-state index in [1.165, 1.54) is 6.42 Å². The Labute approximate surface area is 185 Å². The molecule has 1 aliphatic carbocycles. The highest BCUT2D eigenvalue weighted by Gasteiger charge is 2.25. The number of halogens is 1. The van der Waals surface area contributed by atoms with Crippen LogP contribution in [-0.2, 0) is 16.1 Å². The number of hydrogen-bond acceptors (Lipinski definition) is 3. The van der Waals surface area contributed by atoms with Gasteiger partial charge < -0.3 is 20.3 Å². The van der Waals surface area contributed by atoms with Crippen LogP contribution >= 0.6 is 24.0 Å². The highest BCUT2D eigenvalue weighted by Crippen LogP contribution is 2.27. The van der Waals surface area contributed by atoms with Crippen molar-refractivity contribution in [2.24, 2.45) is 16.8 Å². The highest BCUT2D eigenvalue weighted by atomic mass is 127. The average Bonchev–Trinajstić information content (AvgIpc) is 3.10. The fourth-order valence-corrected chi connectivity index (χ4v) is 3.50. The van der Waals surface area contributed by atoms with Crippen LogP contribution in [0.3, 0.4) is 0 Å². The van der Waals surface area contributed by atoms with Crippen LogP contribution in [0.25, 0.3) is 0 Å². The van der Waals surface area contributed by atoms with Gasteiger partial charge in [0.2, 0.25) is 5.91 Å². The van der Waals surface area contributed by atoms with E-state index in [1.807, 2.05) is 18.2 Å². The van der Waals surface area contributed by atoms with Gasteiger partial charge in [-0.3, -0.25) is 4.79 Å². The number of carbonyl (C=O) groups excluding carboxylic acids is 1. The number of ether oxygens (including phenoxy) is 1. The lowest BCUT2D eigenvalue weighted by molar-refractivity contribution is -0.122. The van der Waals surface area contributed by atoms with Gasteiger partial charge >= 0.3 is 0 Å². The molecule has 2 N–H and O–H groups in total. The van der Waals surface area contributed by atoms with Gasteiger partial charge in [-0.25, -0.2) is 4.99 Å². The lowest BCUT2D eigenvalue weighted by Crippen LogP contribution is -2.41. The van der Waals surface area contributed by atoms with Crippen molar-refractivity contribution >= 4 is 41.5 Å². The Morgan fingerprint density at radius 1 is 1.32 bits per heavy atom. The monoisotopic (exact) mass is 500 g/mol. The third-order valence-electron chi connectivity index (χ3n) is 5.33. The Hall–Kier alpha value is -1.35. The van der Waals surface area contributed by atoms with Gasteiger partial charge in [0.15, 0.2) is 5.96 Å². The largest absolute Gasteiger partial charge is 0.381 e. The van der Waals surface area contributed by atoms with Crippen LogP contribution in [0.4, 0.5) is 5.69 Å². The number of anilines is 1. The van der Waals surface area contributed by atoms with Crippen LogP contribution in [0.2, 0.25) is 0 Å². The van der Waals surface area contributed by atoms with Crippen molar-refractivity contribution in [3.8, 4) is 0 Å². The van der Waals surface area contributed by atoms with Crippen LogP contribution in [0.15, 0.2) is 29.3 Å². The van der Waals surface area contributed by atoms with E-state index < -0.39 is 0 Å². The molecule has 1 heterocycles. The van der Waals surface area contributed by atoms with E-state index in [-0.39, 0.29) is 35.8 Å². The molecule has 0 aromatic heterocycles. The van der Waals surface area contributed by atoms with Gasteiger partial charge in [-0.05, 0) is 43.9 Å². The summed E-state index contributed by atoms with van der Waals surface area (Å²) in [5.74, 6) is 1.83. The second-order valence-corrected chi connectivity index (χ2v) is 7.60. The van der Waals surface area contributed by atoms with E-state index in [9.17, 15) is 4.79 Å². The van der Waals surface area contributed by atoms with Crippen molar-refractivity contribution in [1.29, 1.82) is 0 Å². The molecule has 1 unspecified atom stereocenters. The molecule has 156 valence electrons. The van der Waals surface area contributed by atoms with Gasteiger partial charge in [-0.1, -0.05) is 18.6 Å². The molecule has 1 aromatic rings. The van der Waals surface area contributed by atoms with Crippen LogP contribution in [-0.4, -0.2) is 50.1 Å². The number of nitrogens with one attached hydrogen (secondary N) is 2. The maximum absolute atomic E-state index is 12.1. The summed E-state index contributed by atoms with van der Waals surface area (Å²) in [7, 11) is 2.08. The summed E-state index contributed by atoms with van der Waals surface area (Å²) in [4.78, 5) is 19.1. The minimum Gasteiger partial charge on any atom is -0.381 e. The number of hydrogen-bond donors (Lipinski definition) is 2. The van der Waals surface area contributed by atoms with Crippen LogP contribution < -0.4 is 10.6 Å². The maximum Gasteiger partial charge on any atom is 0.227 e. The zero-order valence-electron chi connectivity index (χ0n) is 16.9. The second-order valence-electron chi connectivity index (χ2n) is 7.60. The summed E-state index contributed by atoms with van der Waals surface area (Å²) in [5, 5.41) is 6.41. The molecular weight excluding hydrogens is 467 g/mol. The fourth-order valence-electron chi connectivity index (χ4n) is 3.50. The smallest absolute Gasteiger partial charge is 0.227 e. The molecule has 6 nitrogen and oxygen atoms in total.